The number of nitrogens with zero attached hydrogens (tertiary/aromatic N) is 1. The minimum Gasteiger partial charge on any atom is -0.497 e. The molecule has 2 atom stereocenters. The van der Waals surface area contributed by atoms with Crippen LogP contribution in [-0.2, 0) is 9.47 Å². The van der Waals surface area contributed by atoms with E-state index in [1.807, 2.05) is 12.1 Å². The molecule has 0 bridgehead atoms. The number of rotatable bonds is 2. The predicted molar refractivity (Wildman–Crippen MR) is 84.0 cm³/mol. The van der Waals surface area contributed by atoms with E-state index < -0.39 is 5.79 Å². The topological polar surface area (TPSA) is 30.9 Å². The Morgan fingerprint density at radius 3 is 2.67 bits per heavy atom. The molecule has 1 spiro atoms. The van der Waals surface area contributed by atoms with Gasteiger partial charge in [0.25, 0.3) is 0 Å². The largest absolute Gasteiger partial charge is 0.497 e. The Kier molecular flexibility index (Phi) is 5.15. The highest BCUT2D eigenvalue weighted by molar-refractivity contribution is 5.85. The van der Waals surface area contributed by atoms with Crippen molar-refractivity contribution < 1.29 is 14.2 Å². The summed E-state index contributed by atoms with van der Waals surface area (Å²) in [6.07, 6.45) is 0.936. The summed E-state index contributed by atoms with van der Waals surface area (Å²) in [5.74, 6) is 0.784. The van der Waals surface area contributed by atoms with Gasteiger partial charge in [-0.05, 0) is 24.7 Å². The summed E-state index contributed by atoms with van der Waals surface area (Å²) in [7, 11) is 3.88. The first-order valence-corrected chi connectivity index (χ1v) is 7.28. The molecule has 21 heavy (non-hydrogen) atoms. The van der Waals surface area contributed by atoms with Gasteiger partial charge in [-0.25, -0.2) is 0 Å². The maximum absolute atomic E-state index is 5.97. The van der Waals surface area contributed by atoms with Gasteiger partial charge >= 0.3 is 0 Å². The third kappa shape index (κ3) is 2.90. The van der Waals surface area contributed by atoms with Crippen molar-refractivity contribution in [3.63, 3.8) is 0 Å². The minimum atomic E-state index is -0.403. The van der Waals surface area contributed by atoms with Crippen LogP contribution < -0.4 is 4.74 Å². The summed E-state index contributed by atoms with van der Waals surface area (Å²) >= 11 is 0. The number of halogens is 1. The maximum Gasteiger partial charge on any atom is 0.174 e. The Morgan fingerprint density at radius 2 is 2.00 bits per heavy atom. The quantitative estimate of drug-likeness (QED) is 0.840. The van der Waals surface area contributed by atoms with E-state index in [2.05, 4.69) is 31.0 Å². The van der Waals surface area contributed by atoms with Gasteiger partial charge in [0.1, 0.15) is 5.75 Å². The molecule has 0 N–H and O–H groups in total. The van der Waals surface area contributed by atoms with E-state index in [0.717, 1.165) is 18.7 Å². The van der Waals surface area contributed by atoms with Gasteiger partial charge in [0.15, 0.2) is 5.79 Å². The lowest BCUT2D eigenvalue weighted by Crippen LogP contribution is -2.52. The fraction of sp³-hybridized carbons (Fsp3) is 0.625. The summed E-state index contributed by atoms with van der Waals surface area (Å²) < 4.78 is 17.3. The molecular formula is C16H24ClNO3. The van der Waals surface area contributed by atoms with Crippen molar-refractivity contribution in [2.75, 3.05) is 33.9 Å². The fourth-order valence-electron chi connectivity index (χ4n) is 3.57. The first-order chi connectivity index (χ1) is 9.66. The Morgan fingerprint density at radius 1 is 1.29 bits per heavy atom. The van der Waals surface area contributed by atoms with Crippen LogP contribution in [0.4, 0.5) is 0 Å². The van der Waals surface area contributed by atoms with Crippen LogP contribution in [0.1, 0.15) is 24.9 Å². The highest BCUT2D eigenvalue weighted by Crippen LogP contribution is 2.45. The van der Waals surface area contributed by atoms with Crippen molar-refractivity contribution in [2.45, 2.75) is 25.2 Å². The van der Waals surface area contributed by atoms with E-state index in [1.54, 1.807) is 7.11 Å². The predicted octanol–water partition coefficient (Wildman–Crippen LogP) is 2.87. The lowest BCUT2D eigenvalue weighted by Gasteiger charge is -2.47. The summed E-state index contributed by atoms with van der Waals surface area (Å²) in [5.41, 5.74) is 1.26. The normalized spacial score (nSPS) is 28.3. The van der Waals surface area contributed by atoms with Gasteiger partial charge in [0.05, 0.1) is 20.3 Å². The van der Waals surface area contributed by atoms with Gasteiger partial charge < -0.3 is 14.2 Å². The molecule has 2 saturated heterocycles. The molecule has 2 fully saturated rings. The van der Waals surface area contributed by atoms with E-state index >= 15 is 0 Å². The third-order valence-corrected chi connectivity index (χ3v) is 4.67. The number of hydrogen-bond acceptors (Lipinski definition) is 4. The van der Waals surface area contributed by atoms with Gasteiger partial charge in [0.2, 0.25) is 0 Å². The zero-order valence-electron chi connectivity index (χ0n) is 12.9. The van der Waals surface area contributed by atoms with Crippen LogP contribution in [0, 0.1) is 5.92 Å². The van der Waals surface area contributed by atoms with E-state index in [4.69, 9.17) is 14.2 Å². The van der Waals surface area contributed by atoms with Crippen molar-refractivity contribution in [3.05, 3.63) is 29.8 Å². The molecule has 2 aliphatic rings. The molecule has 0 saturated carbocycles. The van der Waals surface area contributed by atoms with Gasteiger partial charge in [0, 0.05) is 24.9 Å². The first-order valence-electron chi connectivity index (χ1n) is 7.28. The highest BCUT2D eigenvalue weighted by Gasteiger charge is 2.49. The number of methoxy groups -OCH3 is 1. The van der Waals surface area contributed by atoms with Crippen LogP contribution in [0.3, 0.4) is 0 Å². The number of ether oxygens (including phenoxy) is 3. The standard InChI is InChI=1S/C16H23NO3.ClH/c1-12-15(13-5-4-6-14(11-13)18-3)17(2)8-7-16(12)19-9-10-20-16;/h4-6,11-12,15H,7-10H2,1-3H3;1H/t12-,15?;/m0./s1. The molecule has 118 valence electrons. The molecule has 0 aliphatic carbocycles. The molecule has 4 nitrogen and oxygen atoms in total. The van der Waals surface area contributed by atoms with E-state index in [9.17, 15) is 0 Å². The van der Waals surface area contributed by atoms with Crippen LogP contribution >= 0.6 is 12.4 Å². The number of benzene rings is 1. The molecule has 0 radical (unpaired) electrons. The molecule has 1 aromatic rings. The summed E-state index contributed by atoms with van der Waals surface area (Å²) in [6.45, 7) is 4.62. The second-order valence-electron chi connectivity index (χ2n) is 5.75. The Labute approximate surface area is 132 Å². The van der Waals surface area contributed by atoms with Gasteiger partial charge in [-0.15, -0.1) is 12.4 Å². The monoisotopic (exact) mass is 313 g/mol. The summed E-state index contributed by atoms with van der Waals surface area (Å²) in [6, 6.07) is 8.60. The van der Waals surface area contributed by atoms with Crippen LogP contribution in [0.25, 0.3) is 0 Å². The van der Waals surface area contributed by atoms with Crippen LogP contribution in [0.15, 0.2) is 24.3 Å². The van der Waals surface area contributed by atoms with Crippen molar-refractivity contribution in [1.29, 1.82) is 0 Å². The fourth-order valence-corrected chi connectivity index (χ4v) is 3.57. The molecule has 1 unspecified atom stereocenters. The second-order valence-corrected chi connectivity index (χ2v) is 5.75. The summed E-state index contributed by atoms with van der Waals surface area (Å²) in [5, 5.41) is 0. The first kappa shape index (κ1) is 16.6. The third-order valence-electron chi connectivity index (χ3n) is 4.67. The zero-order valence-corrected chi connectivity index (χ0v) is 13.7. The average Bonchev–Trinajstić information content (AvgIpc) is 2.94. The zero-order chi connectivity index (χ0) is 14.2. The number of likely N-dealkylation sites (tertiary alicyclic amines) is 1. The SMILES string of the molecule is COc1cccc(C2[C@H](C)C3(CCN2C)OCCO3)c1.Cl. The Bertz CT molecular complexity index is 476. The Hall–Kier alpha value is -0.810. The minimum absolute atomic E-state index is 0. The van der Waals surface area contributed by atoms with Gasteiger partial charge in [-0.3, -0.25) is 4.90 Å². The van der Waals surface area contributed by atoms with Gasteiger partial charge in [-0.2, -0.15) is 0 Å². The molecular weight excluding hydrogens is 290 g/mol. The second kappa shape index (κ2) is 6.53. The average molecular weight is 314 g/mol. The van der Waals surface area contributed by atoms with Crippen molar-refractivity contribution in [1.82, 2.24) is 4.90 Å². The van der Waals surface area contributed by atoms with Gasteiger partial charge in [-0.1, -0.05) is 19.1 Å². The molecule has 0 aromatic heterocycles. The Balaban J connectivity index is 0.00000161. The van der Waals surface area contributed by atoms with E-state index in [-0.39, 0.29) is 24.4 Å². The van der Waals surface area contributed by atoms with E-state index in [1.165, 1.54) is 5.56 Å². The molecule has 2 heterocycles. The van der Waals surface area contributed by atoms with Crippen molar-refractivity contribution >= 4 is 12.4 Å². The molecule has 2 aliphatic heterocycles. The van der Waals surface area contributed by atoms with Crippen molar-refractivity contribution in [2.24, 2.45) is 5.92 Å². The molecule has 5 heteroatoms. The van der Waals surface area contributed by atoms with Crippen LogP contribution in [-0.4, -0.2) is 44.6 Å². The summed E-state index contributed by atoms with van der Waals surface area (Å²) in [4.78, 5) is 2.38. The smallest absolute Gasteiger partial charge is 0.174 e. The lowest BCUT2D eigenvalue weighted by molar-refractivity contribution is -0.229. The van der Waals surface area contributed by atoms with Crippen LogP contribution in [0.2, 0.25) is 0 Å². The maximum atomic E-state index is 5.97. The number of hydrogen-bond donors (Lipinski definition) is 0. The molecule has 0 amide bonds. The van der Waals surface area contributed by atoms with E-state index in [0.29, 0.717) is 13.2 Å². The van der Waals surface area contributed by atoms with Crippen molar-refractivity contribution in [3.8, 4) is 5.75 Å². The van der Waals surface area contributed by atoms with Crippen LogP contribution in [0.5, 0.6) is 5.75 Å². The molecule has 3 rings (SSSR count). The lowest BCUT2D eigenvalue weighted by atomic mass is 9.81. The number of piperidine rings is 1. The highest BCUT2D eigenvalue weighted by atomic mass is 35.5. The molecule has 1 aromatic carbocycles.